The molecule has 0 aromatic heterocycles. The first kappa shape index (κ1) is 15.7. The molecule has 0 bridgehead atoms. The van der Waals surface area contributed by atoms with E-state index in [4.69, 9.17) is 0 Å². The van der Waals surface area contributed by atoms with Gasteiger partial charge in [-0.2, -0.15) is 0 Å². The summed E-state index contributed by atoms with van der Waals surface area (Å²) in [6.07, 6.45) is 2.23. The lowest BCUT2D eigenvalue weighted by Crippen LogP contribution is -2.42. The van der Waals surface area contributed by atoms with E-state index in [9.17, 15) is 0 Å². The van der Waals surface area contributed by atoms with Gasteiger partial charge in [0.2, 0.25) is 0 Å². The molecular weight excluding hydrogens is 278 g/mol. The molecule has 0 nitrogen and oxygen atoms in total. The third-order valence-corrected chi connectivity index (χ3v) is 7.35. The normalized spacial score (nSPS) is 12.4. The molecule has 0 amide bonds. The lowest BCUT2D eigenvalue weighted by atomic mass is 9.76. The van der Waals surface area contributed by atoms with E-state index in [-0.39, 0.29) is 10.3 Å². The Bertz CT molecular complexity index is 490. The molecule has 0 heterocycles. The molecule has 20 heavy (non-hydrogen) atoms. The zero-order valence-corrected chi connectivity index (χ0v) is 14.7. The second-order valence-corrected chi connectivity index (χ2v) is 7.37. The summed E-state index contributed by atoms with van der Waals surface area (Å²) in [6, 6.07) is 21.7. The third kappa shape index (κ3) is 2.57. The second kappa shape index (κ2) is 6.38. The van der Waals surface area contributed by atoms with Crippen LogP contribution < -0.4 is 0 Å². The van der Waals surface area contributed by atoms with Gasteiger partial charge in [-0.25, -0.2) is 0 Å². The van der Waals surface area contributed by atoms with E-state index in [2.05, 4.69) is 93.0 Å². The molecule has 0 saturated heterocycles. The molecular formula is C18H24P2. The molecule has 2 rings (SSSR count). The molecule has 2 aromatic rings. The topological polar surface area (TPSA) is 0 Å². The Kier molecular flexibility index (Phi) is 5.00. The van der Waals surface area contributed by atoms with E-state index < -0.39 is 0 Å². The van der Waals surface area contributed by atoms with E-state index in [1.807, 2.05) is 0 Å². The van der Waals surface area contributed by atoms with Crippen LogP contribution in [0.3, 0.4) is 0 Å². The van der Waals surface area contributed by atoms with Crippen molar-refractivity contribution in [1.29, 1.82) is 0 Å². The van der Waals surface area contributed by atoms with Crippen molar-refractivity contribution >= 4 is 18.5 Å². The summed E-state index contributed by atoms with van der Waals surface area (Å²) in [5.41, 5.74) is 2.71. The molecule has 0 radical (unpaired) electrons. The predicted octanol–water partition coefficient (Wildman–Crippen LogP) is 5.24. The minimum absolute atomic E-state index is 0.0797. The summed E-state index contributed by atoms with van der Waals surface area (Å²) >= 11 is 0. The van der Waals surface area contributed by atoms with Crippen molar-refractivity contribution < 1.29 is 0 Å². The molecule has 0 aliphatic carbocycles. The third-order valence-electron chi connectivity index (χ3n) is 4.51. The highest BCUT2D eigenvalue weighted by atomic mass is 31.0. The van der Waals surface area contributed by atoms with E-state index in [1.165, 1.54) is 11.1 Å². The zero-order valence-electron chi connectivity index (χ0n) is 12.3. The van der Waals surface area contributed by atoms with Crippen LogP contribution in [0, 0.1) is 0 Å². The molecule has 0 fully saturated rings. The molecule has 0 spiro atoms. The van der Waals surface area contributed by atoms with Crippen LogP contribution in [0.1, 0.15) is 37.8 Å². The summed E-state index contributed by atoms with van der Waals surface area (Å²) in [5, 5.41) is 0.0457. The van der Waals surface area contributed by atoms with Crippen LogP contribution >= 0.6 is 18.5 Å². The van der Waals surface area contributed by atoms with Crippen molar-refractivity contribution in [3.63, 3.8) is 0 Å². The monoisotopic (exact) mass is 302 g/mol. The van der Waals surface area contributed by atoms with Crippen LogP contribution in [0.15, 0.2) is 60.7 Å². The van der Waals surface area contributed by atoms with Crippen molar-refractivity contribution in [2.24, 2.45) is 0 Å². The molecule has 0 N–H and O–H groups in total. The SMILES string of the molecule is CCC(P)(CC)C(P)(c1ccccc1)c1ccccc1. The summed E-state index contributed by atoms with van der Waals surface area (Å²) in [5.74, 6) is 0. The molecule has 2 atom stereocenters. The number of benzene rings is 2. The van der Waals surface area contributed by atoms with Crippen LogP contribution in [-0.2, 0) is 5.16 Å². The van der Waals surface area contributed by atoms with Crippen LogP contribution in [0.25, 0.3) is 0 Å². The molecule has 106 valence electrons. The van der Waals surface area contributed by atoms with Gasteiger partial charge in [0.25, 0.3) is 0 Å². The van der Waals surface area contributed by atoms with E-state index >= 15 is 0 Å². The maximum absolute atomic E-state index is 3.16. The molecule has 0 aliphatic heterocycles. The minimum Gasteiger partial charge on any atom is -0.129 e. The van der Waals surface area contributed by atoms with Crippen molar-refractivity contribution in [3.05, 3.63) is 71.8 Å². The van der Waals surface area contributed by atoms with Crippen molar-refractivity contribution in [2.45, 2.75) is 37.0 Å². The maximum Gasteiger partial charge on any atom is 0.0433 e. The number of hydrogen-bond donors (Lipinski definition) is 0. The highest BCUT2D eigenvalue weighted by Crippen LogP contribution is 2.55. The maximum atomic E-state index is 3.16. The Hall–Kier alpha value is -0.700. The van der Waals surface area contributed by atoms with Crippen LogP contribution in [-0.4, -0.2) is 5.16 Å². The van der Waals surface area contributed by atoms with E-state index in [0.717, 1.165) is 12.8 Å². The van der Waals surface area contributed by atoms with Gasteiger partial charge in [0.05, 0.1) is 0 Å². The van der Waals surface area contributed by atoms with Crippen molar-refractivity contribution in [2.75, 3.05) is 0 Å². The first-order valence-electron chi connectivity index (χ1n) is 7.27. The molecule has 2 aromatic carbocycles. The Labute approximate surface area is 127 Å². The second-order valence-electron chi connectivity index (χ2n) is 5.40. The first-order chi connectivity index (χ1) is 9.58. The fraction of sp³-hybridized carbons (Fsp3) is 0.333. The lowest BCUT2D eigenvalue weighted by Gasteiger charge is -2.46. The number of hydrogen-bond acceptors (Lipinski definition) is 0. The van der Waals surface area contributed by atoms with Gasteiger partial charge >= 0.3 is 0 Å². The molecule has 2 heteroatoms. The van der Waals surface area contributed by atoms with Gasteiger partial charge in [-0.15, -0.1) is 18.5 Å². The molecule has 0 aliphatic rings. The quantitative estimate of drug-likeness (QED) is 0.663. The standard InChI is InChI=1S/C18H24P2/c1-3-17(19,4-2)18(20,15-11-7-5-8-12-15)16-13-9-6-10-14-16/h5-14H,3-4,19-20H2,1-2H3. The van der Waals surface area contributed by atoms with Gasteiger partial charge in [-0.05, 0) is 24.0 Å². The first-order valence-corrected chi connectivity index (χ1v) is 8.42. The lowest BCUT2D eigenvalue weighted by molar-refractivity contribution is 0.454. The molecule has 0 saturated carbocycles. The predicted molar refractivity (Wildman–Crippen MR) is 96.4 cm³/mol. The Morgan fingerprint density at radius 2 is 1.05 bits per heavy atom. The average Bonchev–Trinajstić information content (AvgIpc) is 2.54. The minimum atomic E-state index is -0.0797. The summed E-state index contributed by atoms with van der Waals surface area (Å²) in [7, 11) is 6.30. The van der Waals surface area contributed by atoms with Gasteiger partial charge in [0, 0.05) is 10.3 Å². The van der Waals surface area contributed by atoms with Gasteiger partial charge < -0.3 is 0 Å². The van der Waals surface area contributed by atoms with E-state index in [1.54, 1.807) is 0 Å². The number of rotatable bonds is 5. The van der Waals surface area contributed by atoms with Gasteiger partial charge in [0.15, 0.2) is 0 Å². The fourth-order valence-corrected chi connectivity index (χ4v) is 4.08. The highest BCUT2D eigenvalue weighted by Gasteiger charge is 2.44. The van der Waals surface area contributed by atoms with Crippen LogP contribution in [0.4, 0.5) is 0 Å². The summed E-state index contributed by atoms with van der Waals surface area (Å²) in [4.78, 5) is 0. The van der Waals surface area contributed by atoms with Gasteiger partial charge in [-0.3, -0.25) is 0 Å². The van der Waals surface area contributed by atoms with Crippen molar-refractivity contribution in [1.82, 2.24) is 0 Å². The largest absolute Gasteiger partial charge is 0.129 e. The Morgan fingerprint density at radius 1 is 0.700 bits per heavy atom. The highest BCUT2D eigenvalue weighted by molar-refractivity contribution is 7.25. The van der Waals surface area contributed by atoms with Gasteiger partial charge in [0.1, 0.15) is 0 Å². The average molecular weight is 302 g/mol. The summed E-state index contributed by atoms with van der Waals surface area (Å²) in [6.45, 7) is 4.56. The summed E-state index contributed by atoms with van der Waals surface area (Å²) < 4.78 is 0. The van der Waals surface area contributed by atoms with Crippen molar-refractivity contribution in [3.8, 4) is 0 Å². The Morgan fingerprint density at radius 3 is 1.35 bits per heavy atom. The van der Waals surface area contributed by atoms with Crippen LogP contribution in [0.2, 0.25) is 0 Å². The smallest absolute Gasteiger partial charge is 0.0433 e. The molecule has 2 unspecified atom stereocenters. The fourth-order valence-electron chi connectivity index (χ4n) is 2.95. The van der Waals surface area contributed by atoms with E-state index in [0.29, 0.717) is 0 Å². The van der Waals surface area contributed by atoms with Gasteiger partial charge in [-0.1, -0.05) is 74.5 Å². The Balaban J connectivity index is 2.67. The van der Waals surface area contributed by atoms with Crippen LogP contribution in [0.5, 0.6) is 0 Å². The zero-order chi connectivity index (χ0) is 14.6.